The third-order valence-electron chi connectivity index (χ3n) is 5.59. The molecule has 30 heavy (non-hydrogen) atoms. The maximum absolute atomic E-state index is 6.04. The van der Waals surface area contributed by atoms with Crippen molar-refractivity contribution in [3.8, 4) is 17.1 Å². The number of benzene rings is 1. The fraction of sp³-hybridized carbons (Fsp3) is 0.273. The molecule has 4 heterocycles. The summed E-state index contributed by atoms with van der Waals surface area (Å²) in [5.41, 5.74) is 14.3. The number of aromatic nitrogens is 5. The number of imidazole rings is 1. The van der Waals surface area contributed by atoms with Gasteiger partial charge in [0, 0.05) is 30.4 Å². The molecule has 8 nitrogen and oxygen atoms in total. The number of rotatable bonds is 4. The summed E-state index contributed by atoms with van der Waals surface area (Å²) in [5.74, 6) is 0.588. The number of hydrogen-bond donors (Lipinski definition) is 2. The third kappa shape index (κ3) is 3.35. The molecule has 0 bridgehead atoms. The molecule has 1 aromatic carbocycles. The van der Waals surface area contributed by atoms with Gasteiger partial charge in [0.1, 0.15) is 12.1 Å². The maximum atomic E-state index is 6.04. The molecule has 152 valence electrons. The second-order valence-electron chi connectivity index (χ2n) is 7.72. The number of fused-ring (bicyclic) bond motifs is 2. The number of H-pyrrole nitrogens is 1. The maximum Gasteiger partial charge on any atom is 0.258 e. The lowest BCUT2D eigenvalue weighted by atomic mass is 9.92. The molecule has 8 heteroatoms. The first-order valence-corrected chi connectivity index (χ1v) is 9.92. The molecule has 0 fully saturated rings. The van der Waals surface area contributed by atoms with E-state index in [9.17, 15) is 0 Å². The van der Waals surface area contributed by atoms with E-state index in [1.54, 1.807) is 18.7 Å². The van der Waals surface area contributed by atoms with Gasteiger partial charge in [0.2, 0.25) is 0 Å². The molecule has 0 atom stereocenters. The van der Waals surface area contributed by atoms with Crippen LogP contribution in [0, 0.1) is 6.92 Å². The molecule has 0 saturated carbocycles. The first-order chi connectivity index (χ1) is 14.6. The lowest BCUT2D eigenvalue weighted by Gasteiger charge is -2.27. The molecule has 0 unspecified atom stereocenters. The van der Waals surface area contributed by atoms with Crippen molar-refractivity contribution in [1.82, 2.24) is 29.8 Å². The highest BCUT2D eigenvalue weighted by Crippen LogP contribution is 2.30. The molecule has 0 amide bonds. The summed E-state index contributed by atoms with van der Waals surface area (Å²) in [7, 11) is 2.16. The number of aryl methyl sites for hydroxylation is 1. The fourth-order valence-corrected chi connectivity index (χ4v) is 3.94. The summed E-state index contributed by atoms with van der Waals surface area (Å²) in [4.78, 5) is 22.9. The lowest BCUT2D eigenvalue weighted by Crippen LogP contribution is -2.27. The Morgan fingerprint density at radius 2 is 2.13 bits per heavy atom. The Bertz CT molecular complexity index is 1230. The van der Waals surface area contributed by atoms with Crippen LogP contribution < -0.4 is 10.5 Å². The number of anilines is 1. The minimum absolute atomic E-state index is 0.266. The van der Waals surface area contributed by atoms with Crippen LogP contribution >= 0.6 is 0 Å². The van der Waals surface area contributed by atoms with Gasteiger partial charge < -0.3 is 20.4 Å². The highest BCUT2D eigenvalue weighted by Gasteiger charge is 2.18. The normalized spacial score (nSPS) is 14.1. The van der Waals surface area contributed by atoms with Crippen LogP contribution in [0.25, 0.3) is 22.4 Å². The molecule has 1 aliphatic heterocycles. The van der Waals surface area contributed by atoms with Gasteiger partial charge in [-0.2, -0.15) is 0 Å². The number of likely N-dealkylation sites (N-methyl/N-ethyl adjacent to an activating group) is 1. The second-order valence-corrected chi connectivity index (χ2v) is 7.72. The molecule has 5 rings (SSSR count). The number of aromatic amines is 1. The second kappa shape index (κ2) is 7.38. The molecule has 3 aromatic heterocycles. The Morgan fingerprint density at radius 3 is 3.03 bits per heavy atom. The molecule has 0 saturated heterocycles. The van der Waals surface area contributed by atoms with E-state index >= 15 is 0 Å². The van der Waals surface area contributed by atoms with Gasteiger partial charge in [0.25, 0.3) is 5.88 Å². The third-order valence-corrected chi connectivity index (χ3v) is 5.59. The number of nitrogens with zero attached hydrogens (tertiary/aromatic N) is 5. The summed E-state index contributed by atoms with van der Waals surface area (Å²) >= 11 is 0. The van der Waals surface area contributed by atoms with Crippen LogP contribution in [0.2, 0.25) is 0 Å². The van der Waals surface area contributed by atoms with Crippen molar-refractivity contribution < 1.29 is 4.74 Å². The van der Waals surface area contributed by atoms with Crippen molar-refractivity contribution in [2.45, 2.75) is 26.5 Å². The van der Waals surface area contributed by atoms with Crippen LogP contribution in [0.3, 0.4) is 0 Å². The summed E-state index contributed by atoms with van der Waals surface area (Å²) in [5, 5.41) is 0. The van der Waals surface area contributed by atoms with Crippen LogP contribution in [-0.2, 0) is 19.6 Å². The van der Waals surface area contributed by atoms with Gasteiger partial charge in [-0.3, -0.25) is 0 Å². The molecular formula is C22H23N7O. The Kier molecular flexibility index (Phi) is 4.55. The zero-order chi connectivity index (χ0) is 20.7. The van der Waals surface area contributed by atoms with Gasteiger partial charge in [-0.15, -0.1) is 0 Å². The Labute approximate surface area is 174 Å². The number of nitrogen functional groups attached to an aromatic ring is 1. The minimum Gasteiger partial charge on any atom is -0.470 e. The number of nitrogens with two attached hydrogens (primary N) is 1. The first-order valence-electron chi connectivity index (χ1n) is 9.92. The SMILES string of the molecule is Cc1cc(-c2cnc(N)c(OCc3ccnc4[nH]cnc34)n2)cc2c1CN(C)CC2. The summed E-state index contributed by atoms with van der Waals surface area (Å²) in [6.45, 7) is 4.48. The van der Waals surface area contributed by atoms with Crippen molar-refractivity contribution in [2.75, 3.05) is 19.3 Å². The number of nitrogens with one attached hydrogen (secondary N) is 1. The molecule has 0 spiro atoms. The van der Waals surface area contributed by atoms with E-state index < -0.39 is 0 Å². The van der Waals surface area contributed by atoms with Crippen molar-refractivity contribution >= 4 is 17.0 Å². The molecule has 3 N–H and O–H groups in total. The minimum atomic E-state index is 0.266. The van der Waals surface area contributed by atoms with E-state index in [1.807, 2.05) is 6.07 Å². The van der Waals surface area contributed by atoms with Gasteiger partial charge in [-0.05, 0) is 55.3 Å². The molecular weight excluding hydrogens is 378 g/mol. The Hall–Kier alpha value is -3.52. The Balaban J connectivity index is 1.44. The number of ether oxygens (including phenoxy) is 1. The van der Waals surface area contributed by atoms with Crippen molar-refractivity contribution in [3.05, 3.63) is 59.2 Å². The average Bonchev–Trinajstić information content (AvgIpc) is 3.23. The predicted molar refractivity (Wildman–Crippen MR) is 115 cm³/mol. The zero-order valence-corrected chi connectivity index (χ0v) is 17.0. The van der Waals surface area contributed by atoms with Crippen LogP contribution in [0.1, 0.15) is 22.3 Å². The smallest absolute Gasteiger partial charge is 0.258 e. The van der Waals surface area contributed by atoms with Gasteiger partial charge in [0.15, 0.2) is 11.5 Å². The lowest BCUT2D eigenvalue weighted by molar-refractivity contribution is 0.296. The zero-order valence-electron chi connectivity index (χ0n) is 17.0. The number of pyridine rings is 1. The van der Waals surface area contributed by atoms with E-state index in [4.69, 9.17) is 10.5 Å². The first kappa shape index (κ1) is 18.5. The van der Waals surface area contributed by atoms with Crippen LogP contribution in [0.5, 0.6) is 5.88 Å². The largest absolute Gasteiger partial charge is 0.470 e. The quantitative estimate of drug-likeness (QED) is 0.541. The van der Waals surface area contributed by atoms with E-state index in [1.165, 1.54) is 16.7 Å². The summed E-state index contributed by atoms with van der Waals surface area (Å²) < 4.78 is 5.93. The Morgan fingerprint density at radius 1 is 1.23 bits per heavy atom. The van der Waals surface area contributed by atoms with Crippen molar-refractivity contribution in [2.24, 2.45) is 0 Å². The van der Waals surface area contributed by atoms with Gasteiger partial charge in [0.05, 0.1) is 18.2 Å². The average molecular weight is 401 g/mol. The number of hydrogen-bond acceptors (Lipinski definition) is 7. The fourth-order valence-electron chi connectivity index (χ4n) is 3.94. The van der Waals surface area contributed by atoms with Crippen molar-refractivity contribution in [1.29, 1.82) is 0 Å². The van der Waals surface area contributed by atoms with Gasteiger partial charge in [-0.25, -0.2) is 19.9 Å². The van der Waals surface area contributed by atoms with Crippen molar-refractivity contribution in [3.63, 3.8) is 0 Å². The molecule has 0 aliphatic carbocycles. The van der Waals surface area contributed by atoms with Crippen LogP contribution in [0.4, 0.5) is 5.82 Å². The monoisotopic (exact) mass is 401 g/mol. The highest BCUT2D eigenvalue weighted by molar-refractivity contribution is 5.73. The van der Waals surface area contributed by atoms with E-state index in [2.05, 4.69) is 55.9 Å². The highest BCUT2D eigenvalue weighted by atomic mass is 16.5. The molecule has 1 aliphatic rings. The summed E-state index contributed by atoms with van der Waals surface area (Å²) in [6.07, 6.45) is 6.08. The van der Waals surface area contributed by atoms with Gasteiger partial charge in [-0.1, -0.05) is 0 Å². The van der Waals surface area contributed by atoms with E-state index in [-0.39, 0.29) is 12.4 Å². The van der Waals surface area contributed by atoms with E-state index in [0.29, 0.717) is 5.88 Å². The predicted octanol–water partition coefficient (Wildman–Crippen LogP) is 2.87. The van der Waals surface area contributed by atoms with Crippen LogP contribution in [-0.4, -0.2) is 43.4 Å². The van der Waals surface area contributed by atoms with Crippen LogP contribution in [0.15, 0.2) is 36.9 Å². The topological polar surface area (TPSA) is 106 Å². The molecule has 0 radical (unpaired) electrons. The molecule has 4 aromatic rings. The standard InChI is InChI=1S/C22H23N7O/c1-13-7-16(8-14-4-6-29(2)10-17(13)14)18-9-25-20(23)22(28-18)30-11-15-3-5-24-21-19(15)26-12-27-21/h3,5,7-9,12H,4,6,10-11H2,1-2H3,(H2,23,25)(H,24,26,27). The van der Waals surface area contributed by atoms with E-state index in [0.717, 1.165) is 47.5 Å². The summed E-state index contributed by atoms with van der Waals surface area (Å²) in [6, 6.07) is 6.26. The van der Waals surface area contributed by atoms with Gasteiger partial charge >= 0.3 is 0 Å².